The number of hydrogen-bond acceptors (Lipinski definition) is 6. The van der Waals surface area contributed by atoms with Crippen molar-refractivity contribution in [3.63, 3.8) is 0 Å². The number of halogens is 6. The predicted molar refractivity (Wildman–Crippen MR) is 135 cm³/mol. The van der Waals surface area contributed by atoms with Crippen LogP contribution in [0.15, 0.2) is 54.6 Å². The summed E-state index contributed by atoms with van der Waals surface area (Å²) < 4.78 is 93.7. The summed E-state index contributed by atoms with van der Waals surface area (Å²) in [5, 5.41) is 0. The molecule has 0 unspecified atom stereocenters. The molecule has 0 saturated heterocycles. The van der Waals surface area contributed by atoms with Crippen molar-refractivity contribution >= 4 is 35.8 Å². The van der Waals surface area contributed by atoms with Crippen molar-refractivity contribution in [1.29, 1.82) is 0 Å². The molecule has 2 aliphatic heterocycles. The van der Waals surface area contributed by atoms with Gasteiger partial charge in [-0.2, -0.15) is 26.3 Å². The highest BCUT2D eigenvalue weighted by Gasteiger charge is 2.73. The molecule has 3 aromatic rings. The Hall–Kier alpha value is -5.01. The van der Waals surface area contributed by atoms with Crippen LogP contribution in [0.5, 0.6) is 0 Å². The van der Waals surface area contributed by atoms with E-state index in [0.717, 1.165) is 7.05 Å². The van der Waals surface area contributed by atoms with Crippen LogP contribution >= 0.6 is 0 Å². The number of benzene rings is 3. The van der Waals surface area contributed by atoms with Crippen molar-refractivity contribution in [3.8, 4) is 0 Å². The Balaban J connectivity index is 1.71. The third kappa shape index (κ3) is 4.19. The molecule has 14 heteroatoms. The summed E-state index contributed by atoms with van der Waals surface area (Å²) in [6.07, 6.45) is -12.2. The Morgan fingerprint density at radius 1 is 0.698 bits per heavy atom. The summed E-state index contributed by atoms with van der Waals surface area (Å²) in [6, 6.07) is 7.38. The van der Waals surface area contributed by atoms with Gasteiger partial charge in [-0.15, -0.1) is 0 Å². The van der Waals surface area contributed by atoms with Crippen molar-refractivity contribution < 1.29 is 55.1 Å². The monoisotopic (exact) mass is 604 g/mol. The summed E-state index contributed by atoms with van der Waals surface area (Å²) in [5.74, 6) is -4.20. The molecule has 43 heavy (non-hydrogen) atoms. The first-order chi connectivity index (χ1) is 20.1. The number of rotatable bonds is 6. The van der Waals surface area contributed by atoms with Gasteiger partial charge in [-0.05, 0) is 48.4 Å². The fraction of sp³-hybridized carbons (Fsp3) is 0.207. The van der Waals surface area contributed by atoms with Gasteiger partial charge in [0.1, 0.15) is 6.61 Å². The van der Waals surface area contributed by atoms with E-state index in [-0.39, 0.29) is 29.9 Å². The average Bonchev–Trinajstić information content (AvgIpc) is 3.30. The van der Waals surface area contributed by atoms with Gasteiger partial charge >= 0.3 is 12.4 Å². The summed E-state index contributed by atoms with van der Waals surface area (Å²) in [5.41, 5.74) is -9.06. The molecule has 0 bridgehead atoms. The highest BCUT2D eigenvalue weighted by Crippen LogP contribution is 2.57. The number of alkyl halides is 6. The Morgan fingerprint density at radius 3 is 1.72 bits per heavy atom. The lowest BCUT2D eigenvalue weighted by Crippen LogP contribution is -2.55. The summed E-state index contributed by atoms with van der Waals surface area (Å²) in [4.78, 5) is 63.3. The lowest BCUT2D eigenvalue weighted by molar-refractivity contribution is -0.288. The van der Waals surface area contributed by atoms with Crippen LogP contribution in [-0.4, -0.2) is 54.4 Å². The molecular formula is C29H18F6N2O6. The first-order valence-electron chi connectivity index (χ1n) is 12.3. The van der Waals surface area contributed by atoms with Crippen LogP contribution in [0, 0.1) is 6.92 Å². The molecule has 4 amide bonds. The Kier molecular flexibility index (Phi) is 6.71. The SMILES string of the molecule is Cc1ccc(N2C(=O)c3ccc(C(c4ccc5c(c4)C(=O)N(C)C5=O)(C(F)(F)F)C(F)(F)F)cc3C2=O)c(COC=O)c1. The third-order valence-corrected chi connectivity index (χ3v) is 7.48. The second-order valence-corrected chi connectivity index (χ2v) is 9.92. The molecule has 0 fully saturated rings. The van der Waals surface area contributed by atoms with Gasteiger partial charge in [-0.3, -0.25) is 28.9 Å². The van der Waals surface area contributed by atoms with E-state index in [1.807, 2.05) is 0 Å². The topological polar surface area (TPSA) is 101 Å². The largest absolute Gasteiger partial charge is 0.463 e. The van der Waals surface area contributed by atoms with Gasteiger partial charge in [0.25, 0.3) is 30.1 Å². The zero-order chi connectivity index (χ0) is 31.6. The molecular weight excluding hydrogens is 586 g/mol. The number of hydrogen-bond donors (Lipinski definition) is 0. The number of aryl methyl sites for hydroxylation is 1. The maximum Gasteiger partial charge on any atom is 0.411 e. The minimum absolute atomic E-state index is 0.0796. The minimum atomic E-state index is -6.08. The van der Waals surface area contributed by atoms with E-state index in [0.29, 0.717) is 51.8 Å². The smallest absolute Gasteiger partial charge is 0.411 e. The molecule has 5 rings (SSSR count). The zero-order valence-corrected chi connectivity index (χ0v) is 22.1. The number of ether oxygens (including phenoxy) is 1. The Morgan fingerprint density at radius 2 is 1.19 bits per heavy atom. The minimum Gasteiger partial charge on any atom is -0.463 e. The highest BCUT2D eigenvalue weighted by atomic mass is 19.4. The highest BCUT2D eigenvalue weighted by molar-refractivity contribution is 6.34. The number of nitrogens with zero attached hydrogens (tertiary/aromatic N) is 2. The quantitative estimate of drug-likeness (QED) is 0.221. The van der Waals surface area contributed by atoms with Crippen molar-refractivity contribution in [1.82, 2.24) is 4.90 Å². The molecule has 2 heterocycles. The van der Waals surface area contributed by atoms with Gasteiger partial charge in [0.05, 0.1) is 27.9 Å². The van der Waals surface area contributed by atoms with Gasteiger partial charge < -0.3 is 4.74 Å². The number of carbonyl (C=O) groups is 5. The van der Waals surface area contributed by atoms with Gasteiger partial charge in [0.2, 0.25) is 5.41 Å². The van der Waals surface area contributed by atoms with Crippen molar-refractivity contribution in [2.45, 2.75) is 31.3 Å². The number of anilines is 1. The van der Waals surface area contributed by atoms with Crippen molar-refractivity contribution in [2.75, 3.05) is 11.9 Å². The normalized spacial score (nSPS) is 15.3. The molecule has 0 saturated carbocycles. The van der Waals surface area contributed by atoms with Crippen LogP contribution in [0.2, 0.25) is 0 Å². The molecule has 0 spiro atoms. The van der Waals surface area contributed by atoms with E-state index in [2.05, 4.69) is 0 Å². The van der Waals surface area contributed by atoms with Crippen LogP contribution in [0.25, 0.3) is 0 Å². The van der Waals surface area contributed by atoms with Gasteiger partial charge in [-0.1, -0.05) is 29.8 Å². The maximum atomic E-state index is 14.8. The summed E-state index contributed by atoms with van der Waals surface area (Å²) in [6.45, 7) is 1.41. The van der Waals surface area contributed by atoms with Crippen molar-refractivity contribution in [3.05, 3.63) is 99.1 Å². The van der Waals surface area contributed by atoms with Gasteiger partial charge in [-0.25, -0.2) is 4.90 Å². The second kappa shape index (κ2) is 9.78. The van der Waals surface area contributed by atoms with Crippen molar-refractivity contribution in [2.24, 2.45) is 0 Å². The molecule has 222 valence electrons. The fourth-order valence-corrected chi connectivity index (χ4v) is 5.44. The van der Waals surface area contributed by atoms with Crippen LogP contribution < -0.4 is 4.90 Å². The van der Waals surface area contributed by atoms with Crippen LogP contribution in [0.1, 0.15) is 63.7 Å². The fourth-order valence-electron chi connectivity index (χ4n) is 5.44. The van der Waals surface area contributed by atoms with E-state index in [4.69, 9.17) is 4.74 Å². The molecule has 0 N–H and O–H groups in total. The molecule has 0 atom stereocenters. The number of amides is 4. The number of fused-ring (bicyclic) bond motifs is 2. The third-order valence-electron chi connectivity index (χ3n) is 7.48. The van der Waals surface area contributed by atoms with Gasteiger partial charge in [0, 0.05) is 12.6 Å². The Bertz CT molecular complexity index is 1730. The number of carbonyl (C=O) groups excluding carboxylic acids is 5. The molecule has 0 aromatic heterocycles. The van der Waals surface area contributed by atoms with Crippen LogP contribution in [0.3, 0.4) is 0 Å². The molecule has 2 aliphatic rings. The first-order valence-corrected chi connectivity index (χ1v) is 12.3. The zero-order valence-electron chi connectivity index (χ0n) is 22.1. The summed E-state index contributed by atoms with van der Waals surface area (Å²) >= 11 is 0. The van der Waals surface area contributed by atoms with E-state index in [9.17, 15) is 50.3 Å². The predicted octanol–water partition coefficient (Wildman–Crippen LogP) is 5.11. The van der Waals surface area contributed by atoms with Crippen LogP contribution in [-0.2, 0) is 21.6 Å². The average molecular weight is 604 g/mol. The van der Waals surface area contributed by atoms with Gasteiger partial charge in [0.15, 0.2) is 0 Å². The Labute approximate surface area is 238 Å². The van der Waals surface area contributed by atoms with E-state index in [1.165, 1.54) is 18.2 Å². The van der Waals surface area contributed by atoms with E-state index >= 15 is 0 Å². The first kappa shape index (κ1) is 29.5. The van der Waals surface area contributed by atoms with E-state index < -0.39 is 69.2 Å². The molecule has 3 aromatic carbocycles. The molecule has 8 nitrogen and oxygen atoms in total. The second-order valence-electron chi connectivity index (χ2n) is 9.92. The summed E-state index contributed by atoms with van der Waals surface area (Å²) in [7, 11) is 1.03. The maximum absolute atomic E-state index is 14.8. The molecule has 0 radical (unpaired) electrons. The van der Waals surface area contributed by atoms with E-state index in [1.54, 1.807) is 6.92 Å². The lowest BCUT2D eigenvalue weighted by atomic mass is 9.71. The lowest BCUT2D eigenvalue weighted by Gasteiger charge is -2.38. The molecule has 0 aliphatic carbocycles. The standard InChI is InChI=1S/C29H18F6N2O6/c1-14-3-8-22(15(9-14)12-43-13-38)37-25(41)19-7-5-17(11-21(19)26(37)42)27(28(30,31)32,29(33,34)35)16-4-6-18-20(10-16)24(40)36(2)23(18)39/h3-11,13H,12H2,1-2H3. The van der Waals surface area contributed by atoms with Crippen LogP contribution in [0.4, 0.5) is 32.0 Å². The number of imide groups is 2.